The second kappa shape index (κ2) is 4.17. The summed E-state index contributed by atoms with van der Waals surface area (Å²) in [5.41, 5.74) is 5.68. The molecule has 0 radical (unpaired) electrons. The largest absolute Gasteiger partial charge is 0.387 e. The zero-order valence-corrected chi connectivity index (χ0v) is 8.75. The average Bonchev–Trinajstić information content (AvgIpc) is 2.08. The summed E-state index contributed by atoms with van der Waals surface area (Å²) in [5, 5.41) is 9.52. The molecule has 0 aliphatic heterocycles. The van der Waals surface area contributed by atoms with Gasteiger partial charge in [0.2, 0.25) is 0 Å². The van der Waals surface area contributed by atoms with Crippen LogP contribution in [0.1, 0.15) is 18.6 Å². The van der Waals surface area contributed by atoms with Gasteiger partial charge < -0.3 is 10.8 Å². The molecule has 2 unspecified atom stereocenters. The molecule has 3 N–H and O–H groups in total. The van der Waals surface area contributed by atoms with E-state index in [1.807, 2.05) is 0 Å². The monoisotopic (exact) mass is 247 g/mol. The van der Waals surface area contributed by atoms with Crippen LogP contribution in [0.25, 0.3) is 0 Å². The van der Waals surface area contributed by atoms with Crippen LogP contribution in [0.2, 0.25) is 0 Å². The summed E-state index contributed by atoms with van der Waals surface area (Å²) < 4.78 is 13.9. The number of aliphatic hydroxyl groups is 1. The molecule has 4 heteroatoms. The molecular formula is C9H11BrFNO. The Kier molecular flexibility index (Phi) is 3.41. The highest BCUT2D eigenvalue weighted by atomic mass is 79.9. The van der Waals surface area contributed by atoms with Crippen LogP contribution in [-0.4, -0.2) is 11.1 Å². The molecule has 0 bridgehead atoms. The van der Waals surface area contributed by atoms with Crippen LogP contribution in [0.4, 0.5) is 4.39 Å². The van der Waals surface area contributed by atoms with E-state index in [1.54, 1.807) is 13.0 Å². The lowest BCUT2D eigenvalue weighted by atomic mass is 10.0. The van der Waals surface area contributed by atoms with Gasteiger partial charge in [0.25, 0.3) is 0 Å². The molecule has 0 heterocycles. The standard InChI is InChI=1S/C9H11BrFNO/c1-5(12)9(13)7-4-6(10)2-3-8(7)11/h2-5,9,13H,12H2,1H3. The quantitative estimate of drug-likeness (QED) is 0.840. The van der Waals surface area contributed by atoms with E-state index >= 15 is 0 Å². The van der Waals surface area contributed by atoms with Gasteiger partial charge in [-0.05, 0) is 25.1 Å². The van der Waals surface area contributed by atoms with E-state index in [2.05, 4.69) is 15.9 Å². The van der Waals surface area contributed by atoms with Gasteiger partial charge in [0.1, 0.15) is 5.82 Å². The molecular weight excluding hydrogens is 237 g/mol. The van der Waals surface area contributed by atoms with E-state index in [9.17, 15) is 9.50 Å². The van der Waals surface area contributed by atoms with Gasteiger partial charge in [0.15, 0.2) is 0 Å². The van der Waals surface area contributed by atoms with Crippen LogP contribution < -0.4 is 5.73 Å². The van der Waals surface area contributed by atoms with Crippen LogP contribution in [0.15, 0.2) is 22.7 Å². The van der Waals surface area contributed by atoms with Gasteiger partial charge in [-0.25, -0.2) is 4.39 Å². The molecule has 0 saturated heterocycles. The van der Waals surface area contributed by atoms with Crippen LogP contribution >= 0.6 is 15.9 Å². The molecule has 0 aromatic heterocycles. The van der Waals surface area contributed by atoms with Crippen LogP contribution in [0.5, 0.6) is 0 Å². The minimum absolute atomic E-state index is 0.226. The lowest BCUT2D eigenvalue weighted by Crippen LogP contribution is -2.25. The summed E-state index contributed by atoms with van der Waals surface area (Å²) in [6.07, 6.45) is -0.961. The first-order valence-corrected chi connectivity index (χ1v) is 4.70. The molecule has 2 atom stereocenters. The van der Waals surface area contributed by atoms with E-state index in [4.69, 9.17) is 5.73 Å². The number of rotatable bonds is 2. The highest BCUT2D eigenvalue weighted by Gasteiger charge is 2.16. The SMILES string of the molecule is CC(N)C(O)c1cc(Br)ccc1F. The summed E-state index contributed by atoms with van der Waals surface area (Å²) >= 11 is 3.20. The van der Waals surface area contributed by atoms with Crippen molar-refractivity contribution in [2.45, 2.75) is 19.1 Å². The van der Waals surface area contributed by atoms with Crippen molar-refractivity contribution >= 4 is 15.9 Å². The van der Waals surface area contributed by atoms with Crippen molar-refractivity contribution in [1.29, 1.82) is 0 Å². The number of nitrogens with two attached hydrogens (primary N) is 1. The molecule has 0 saturated carbocycles. The summed E-state index contributed by atoms with van der Waals surface area (Å²) in [4.78, 5) is 0. The molecule has 0 aliphatic carbocycles. The van der Waals surface area contributed by atoms with Crippen LogP contribution in [0.3, 0.4) is 0 Å². The third-order valence-corrected chi connectivity index (χ3v) is 2.27. The van der Waals surface area contributed by atoms with E-state index in [1.165, 1.54) is 12.1 Å². The van der Waals surface area contributed by atoms with Gasteiger partial charge >= 0.3 is 0 Å². The fourth-order valence-electron chi connectivity index (χ4n) is 1.02. The number of hydrogen-bond acceptors (Lipinski definition) is 2. The third kappa shape index (κ3) is 2.49. The van der Waals surface area contributed by atoms with E-state index in [0.717, 1.165) is 4.47 Å². The Balaban J connectivity index is 3.05. The van der Waals surface area contributed by atoms with E-state index in [-0.39, 0.29) is 5.56 Å². The van der Waals surface area contributed by atoms with Crippen molar-refractivity contribution in [3.63, 3.8) is 0 Å². The third-order valence-electron chi connectivity index (χ3n) is 1.77. The average molecular weight is 248 g/mol. The Morgan fingerprint density at radius 3 is 2.69 bits per heavy atom. The van der Waals surface area contributed by atoms with Gasteiger partial charge in [-0.1, -0.05) is 15.9 Å². The predicted octanol–water partition coefficient (Wildman–Crippen LogP) is 1.97. The number of aliphatic hydroxyl groups excluding tert-OH is 1. The second-order valence-electron chi connectivity index (χ2n) is 2.97. The molecule has 1 aromatic carbocycles. The molecule has 2 nitrogen and oxygen atoms in total. The minimum Gasteiger partial charge on any atom is -0.387 e. The Morgan fingerprint density at radius 2 is 2.15 bits per heavy atom. The number of benzene rings is 1. The van der Waals surface area contributed by atoms with Crippen molar-refractivity contribution < 1.29 is 9.50 Å². The Bertz CT molecular complexity index is 304. The lowest BCUT2D eigenvalue weighted by Gasteiger charge is -2.15. The Labute approximate surface area is 84.7 Å². The van der Waals surface area contributed by atoms with Gasteiger partial charge in [0, 0.05) is 16.1 Å². The van der Waals surface area contributed by atoms with Gasteiger partial charge in [0.05, 0.1) is 6.10 Å². The first-order valence-electron chi connectivity index (χ1n) is 3.91. The predicted molar refractivity (Wildman–Crippen MR) is 52.7 cm³/mol. The molecule has 1 rings (SSSR count). The summed E-state index contributed by atoms with van der Waals surface area (Å²) in [6.45, 7) is 1.63. The van der Waals surface area contributed by atoms with Crippen LogP contribution in [0, 0.1) is 5.82 Å². The van der Waals surface area contributed by atoms with Gasteiger partial charge in [-0.15, -0.1) is 0 Å². The highest BCUT2D eigenvalue weighted by molar-refractivity contribution is 9.10. The molecule has 0 spiro atoms. The molecule has 1 aromatic rings. The van der Waals surface area contributed by atoms with Crippen molar-refractivity contribution in [3.05, 3.63) is 34.1 Å². The van der Waals surface area contributed by atoms with Crippen molar-refractivity contribution in [3.8, 4) is 0 Å². The molecule has 72 valence electrons. The van der Waals surface area contributed by atoms with Crippen molar-refractivity contribution in [1.82, 2.24) is 0 Å². The molecule has 13 heavy (non-hydrogen) atoms. The maximum Gasteiger partial charge on any atom is 0.129 e. The normalized spacial score (nSPS) is 15.5. The smallest absolute Gasteiger partial charge is 0.129 e. The molecule has 0 aliphatic rings. The van der Waals surface area contributed by atoms with E-state index in [0.29, 0.717) is 0 Å². The Morgan fingerprint density at radius 1 is 1.54 bits per heavy atom. The molecule has 0 fully saturated rings. The lowest BCUT2D eigenvalue weighted by molar-refractivity contribution is 0.149. The summed E-state index contributed by atoms with van der Waals surface area (Å²) in [6, 6.07) is 3.92. The topological polar surface area (TPSA) is 46.2 Å². The van der Waals surface area contributed by atoms with Gasteiger partial charge in [-0.3, -0.25) is 0 Å². The fraction of sp³-hybridized carbons (Fsp3) is 0.333. The highest BCUT2D eigenvalue weighted by Crippen LogP contribution is 2.23. The maximum atomic E-state index is 13.1. The molecule has 0 amide bonds. The number of halogens is 2. The summed E-state index contributed by atoms with van der Waals surface area (Å²) in [7, 11) is 0. The zero-order valence-electron chi connectivity index (χ0n) is 7.17. The number of hydrogen-bond donors (Lipinski definition) is 2. The Hall–Kier alpha value is -0.450. The minimum atomic E-state index is -0.961. The zero-order chi connectivity index (χ0) is 10.0. The second-order valence-corrected chi connectivity index (χ2v) is 3.89. The van der Waals surface area contributed by atoms with Crippen LogP contribution in [-0.2, 0) is 0 Å². The fourth-order valence-corrected chi connectivity index (χ4v) is 1.40. The maximum absolute atomic E-state index is 13.1. The van der Waals surface area contributed by atoms with E-state index < -0.39 is 18.0 Å². The van der Waals surface area contributed by atoms with Crippen molar-refractivity contribution in [2.24, 2.45) is 5.73 Å². The van der Waals surface area contributed by atoms with Gasteiger partial charge in [-0.2, -0.15) is 0 Å². The summed E-state index contributed by atoms with van der Waals surface area (Å²) in [5.74, 6) is -0.437. The first kappa shape index (κ1) is 10.6. The van der Waals surface area contributed by atoms with Crippen molar-refractivity contribution in [2.75, 3.05) is 0 Å². The first-order chi connectivity index (χ1) is 6.02.